The molecule has 0 fully saturated rings. The van der Waals surface area contributed by atoms with Crippen LogP contribution in [-0.4, -0.2) is 22.6 Å². The van der Waals surface area contributed by atoms with Gasteiger partial charge in [0.05, 0.1) is 0 Å². The molecule has 0 aliphatic carbocycles. The summed E-state index contributed by atoms with van der Waals surface area (Å²) < 4.78 is 0. The lowest BCUT2D eigenvalue weighted by molar-refractivity contribution is 0.0952. The van der Waals surface area contributed by atoms with E-state index in [4.69, 9.17) is 0 Å². The van der Waals surface area contributed by atoms with Crippen molar-refractivity contribution in [1.82, 2.24) is 15.5 Å². The predicted molar refractivity (Wildman–Crippen MR) is 102 cm³/mol. The van der Waals surface area contributed by atoms with Gasteiger partial charge in [0, 0.05) is 12.2 Å². The van der Waals surface area contributed by atoms with E-state index in [1.165, 1.54) is 11.1 Å². The van der Waals surface area contributed by atoms with Crippen molar-refractivity contribution in [2.75, 3.05) is 11.9 Å². The monoisotopic (exact) mass is 338 g/mol. The summed E-state index contributed by atoms with van der Waals surface area (Å²) in [5, 5.41) is 14.3. The van der Waals surface area contributed by atoms with Crippen LogP contribution in [-0.2, 0) is 0 Å². The lowest BCUT2D eigenvalue weighted by atomic mass is 9.92. The summed E-state index contributed by atoms with van der Waals surface area (Å²) in [5.74, 6) is 1.14. The molecule has 0 saturated heterocycles. The fourth-order valence-corrected chi connectivity index (χ4v) is 2.60. The van der Waals surface area contributed by atoms with Crippen LogP contribution in [0.15, 0.2) is 43.0 Å². The molecule has 5 heteroatoms. The van der Waals surface area contributed by atoms with Gasteiger partial charge in [-0.15, -0.1) is 16.8 Å². The Balaban J connectivity index is 2.27. The first kappa shape index (κ1) is 18.6. The number of carbonyl (C=O) groups excluding carboxylic acids is 1. The van der Waals surface area contributed by atoms with Crippen molar-refractivity contribution >= 4 is 17.4 Å². The number of aromatic nitrogens is 2. The highest BCUT2D eigenvalue weighted by Crippen LogP contribution is 2.33. The normalized spacial score (nSPS) is 10.8. The number of amides is 1. The van der Waals surface area contributed by atoms with Crippen molar-refractivity contribution in [2.45, 2.75) is 39.5 Å². The van der Waals surface area contributed by atoms with E-state index in [2.05, 4.69) is 73.3 Å². The lowest BCUT2D eigenvalue weighted by Crippen LogP contribution is -2.24. The second kappa shape index (κ2) is 8.42. The maximum Gasteiger partial charge on any atom is 0.272 e. The third-order valence-corrected chi connectivity index (χ3v) is 3.93. The topological polar surface area (TPSA) is 66.9 Å². The standard InChI is InChI=1S/C20H26N4O/c1-6-12-21-20(25)17-10-11-18(24-23-17)22-19-15(13(2)3)8-7-9-16(19)14(4)5/h6-11,13-14H,1,12H2,2-5H3,(H,21,25)(H,22,24). The van der Waals surface area contributed by atoms with Gasteiger partial charge in [-0.2, -0.15) is 0 Å². The van der Waals surface area contributed by atoms with Crippen LogP contribution in [0.2, 0.25) is 0 Å². The average Bonchev–Trinajstić information content (AvgIpc) is 2.60. The molecular formula is C20H26N4O. The highest BCUT2D eigenvalue weighted by molar-refractivity contribution is 5.92. The maximum absolute atomic E-state index is 11.9. The molecule has 0 unspecified atom stereocenters. The number of nitrogens with zero attached hydrogens (tertiary/aromatic N) is 2. The summed E-state index contributed by atoms with van der Waals surface area (Å²) in [7, 11) is 0. The third kappa shape index (κ3) is 4.66. The number of benzene rings is 1. The molecule has 1 aromatic heterocycles. The minimum Gasteiger partial charge on any atom is -0.347 e. The molecule has 0 saturated carbocycles. The van der Waals surface area contributed by atoms with Gasteiger partial charge >= 0.3 is 0 Å². The number of hydrogen-bond donors (Lipinski definition) is 2. The van der Waals surface area contributed by atoms with Crippen molar-refractivity contribution in [3.05, 3.63) is 59.8 Å². The van der Waals surface area contributed by atoms with Gasteiger partial charge in [-0.3, -0.25) is 4.79 Å². The smallest absolute Gasteiger partial charge is 0.272 e. The molecule has 2 rings (SSSR count). The van der Waals surface area contributed by atoms with Gasteiger partial charge in [0.1, 0.15) is 0 Å². The molecule has 5 nitrogen and oxygen atoms in total. The van der Waals surface area contributed by atoms with Crippen LogP contribution in [0.25, 0.3) is 0 Å². The number of anilines is 2. The van der Waals surface area contributed by atoms with E-state index >= 15 is 0 Å². The molecule has 0 atom stereocenters. The van der Waals surface area contributed by atoms with E-state index in [1.807, 2.05) is 0 Å². The van der Waals surface area contributed by atoms with Gasteiger partial charge in [-0.1, -0.05) is 52.0 Å². The zero-order valence-corrected chi connectivity index (χ0v) is 15.3. The van der Waals surface area contributed by atoms with Gasteiger partial charge in [0.25, 0.3) is 5.91 Å². The molecule has 0 spiro atoms. The predicted octanol–water partition coefficient (Wildman–Crippen LogP) is 4.38. The fraction of sp³-hybridized carbons (Fsp3) is 0.350. The molecule has 132 valence electrons. The summed E-state index contributed by atoms with van der Waals surface area (Å²) in [4.78, 5) is 11.9. The Bertz CT molecular complexity index is 710. The summed E-state index contributed by atoms with van der Waals surface area (Å²) in [6.45, 7) is 12.7. The number of rotatable bonds is 7. The average molecular weight is 338 g/mol. The first-order valence-electron chi connectivity index (χ1n) is 8.56. The Morgan fingerprint density at radius 2 is 1.72 bits per heavy atom. The SMILES string of the molecule is C=CCNC(=O)c1ccc(Nc2c(C(C)C)cccc2C(C)C)nn1. The molecule has 2 aromatic rings. The van der Waals surface area contributed by atoms with Gasteiger partial charge in [-0.05, 0) is 35.1 Å². The van der Waals surface area contributed by atoms with E-state index in [1.54, 1.807) is 18.2 Å². The minimum absolute atomic E-state index is 0.260. The second-order valence-electron chi connectivity index (χ2n) is 6.55. The van der Waals surface area contributed by atoms with Crippen molar-refractivity contribution < 1.29 is 4.79 Å². The van der Waals surface area contributed by atoms with Crippen LogP contribution < -0.4 is 10.6 Å². The molecule has 1 heterocycles. The zero-order chi connectivity index (χ0) is 18.4. The molecule has 0 aliphatic rings. The van der Waals surface area contributed by atoms with Gasteiger partial charge in [-0.25, -0.2) is 0 Å². The fourth-order valence-electron chi connectivity index (χ4n) is 2.60. The van der Waals surface area contributed by atoms with Crippen LogP contribution >= 0.6 is 0 Å². The molecule has 0 aliphatic heterocycles. The molecule has 0 bridgehead atoms. The highest BCUT2D eigenvalue weighted by atomic mass is 16.1. The molecular weight excluding hydrogens is 312 g/mol. The van der Waals surface area contributed by atoms with Gasteiger partial charge in [0.2, 0.25) is 0 Å². The summed E-state index contributed by atoms with van der Waals surface area (Å²) in [5.41, 5.74) is 3.83. The quantitative estimate of drug-likeness (QED) is 0.735. The number of carbonyl (C=O) groups is 1. The van der Waals surface area contributed by atoms with Crippen LogP contribution in [0.5, 0.6) is 0 Å². The Kier molecular flexibility index (Phi) is 6.28. The van der Waals surface area contributed by atoms with E-state index in [-0.39, 0.29) is 11.6 Å². The Morgan fingerprint density at radius 1 is 1.08 bits per heavy atom. The van der Waals surface area contributed by atoms with Crippen molar-refractivity contribution in [1.29, 1.82) is 0 Å². The van der Waals surface area contributed by atoms with E-state index in [9.17, 15) is 4.79 Å². The van der Waals surface area contributed by atoms with E-state index in [0.717, 1.165) is 5.69 Å². The Hall–Kier alpha value is -2.69. The Morgan fingerprint density at radius 3 is 2.20 bits per heavy atom. The van der Waals surface area contributed by atoms with Crippen molar-refractivity contribution in [3.8, 4) is 0 Å². The summed E-state index contributed by atoms with van der Waals surface area (Å²) in [6.07, 6.45) is 1.62. The first-order chi connectivity index (χ1) is 11.9. The lowest BCUT2D eigenvalue weighted by Gasteiger charge is -2.20. The number of nitrogens with one attached hydrogen (secondary N) is 2. The molecule has 1 amide bonds. The summed E-state index contributed by atoms with van der Waals surface area (Å²) in [6, 6.07) is 9.79. The van der Waals surface area contributed by atoms with E-state index in [0.29, 0.717) is 24.2 Å². The minimum atomic E-state index is -0.260. The van der Waals surface area contributed by atoms with Crippen LogP contribution in [0.1, 0.15) is 61.1 Å². The maximum atomic E-state index is 11.9. The summed E-state index contributed by atoms with van der Waals surface area (Å²) >= 11 is 0. The number of hydrogen-bond acceptors (Lipinski definition) is 4. The van der Waals surface area contributed by atoms with Crippen LogP contribution in [0, 0.1) is 0 Å². The number of para-hydroxylation sites is 1. The highest BCUT2D eigenvalue weighted by Gasteiger charge is 2.15. The second-order valence-corrected chi connectivity index (χ2v) is 6.55. The zero-order valence-electron chi connectivity index (χ0n) is 15.3. The van der Waals surface area contributed by atoms with Crippen molar-refractivity contribution in [3.63, 3.8) is 0 Å². The van der Waals surface area contributed by atoms with Crippen LogP contribution in [0.3, 0.4) is 0 Å². The van der Waals surface area contributed by atoms with Crippen molar-refractivity contribution in [2.24, 2.45) is 0 Å². The largest absolute Gasteiger partial charge is 0.347 e. The van der Waals surface area contributed by atoms with E-state index < -0.39 is 0 Å². The molecule has 2 N–H and O–H groups in total. The molecule has 25 heavy (non-hydrogen) atoms. The van der Waals surface area contributed by atoms with Crippen LogP contribution in [0.4, 0.5) is 11.5 Å². The first-order valence-corrected chi connectivity index (χ1v) is 8.56. The van der Waals surface area contributed by atoms with Gasteiger partial charge < -0.3 is 10.6 Å². The van der Waals surface area contributed by atoms with Gasteiger partial charge in [0.15, 0.2) is 11.5 Å². The third-order valence-electron chi connectivity index (χ3n) is 3.93. The molecule has 0 radical (unpaired) electrons. The molecule has 1 aromatic carbocycles. The Labute approximate surface area is 149 Å².